The Morgan fingerprint density at radius 1 is 1.03 bits per heavy atom. The molecule has 1 aliphatic heterocycles. The molecule has 1 amide bonds. The molecule has 4 rings (SSSR count). The van der Waals surface area contributed by atoms with Gasteiger partial charge in [0.25, 0.3) is 0 Å². The van der Waals surface area contributed by atoms with Crippen molar-refractivity contribution in [3.63, 3.8) is 0 Å². The zero-order valence-electron chi connectivity index (χ0n) is 20.2. The van der Waals surface area contributed by atoms with Gasteiger partial charge in [0, 0.05) is 50.9 Å². The first kappa shape index (κ1) is 22.9. The van der Waals surface area contributed by atoms with Crippen LogP contribution >= 0.6 is 0 Å². The minimum atomic E-state index is 0.115. The Bertz CT molecular complexity index is 1080. The topological polar surface area (TPSA) is 52.8 Å². The molecule has 2 aromatic carbocycles. The predicted octanol–water partition coefficient (Wildman–Crippen LogP) is 4.70. The highest BCUT2D eigenvalue weighted by Gasteiger charge is 2.25. The molecule has 0 saturated carbocycles. The van der Waals surface area contributed by atoms with E-state index in [-0.39, 0.29) is 12.5 Å². The molecule has 0 radical (unpaired) electrons. The summed E-state index contributed by atoms with van der Waals surface area (Å²) in [5.41, 5.74) is 5.64. The highest BCUT2D eigenvalue weighted by Crippen LogP contribution is 2.31. The second kappa shape index (κ2) is 10.1. The third-order valence-electron chi connectivity index (χ3n) is 6.37. The van der Waals surface area contributed by atoms with Crippen LogP contribution in [0.4, 0.5) is 11.6 Å². The van der Waals surface area contributed by atoms with E-state index in [1.54, 1.807) is 0 Å². The summed E-state index contributed by atoms with van der Waals surface area (Å²) in [6.07, 6.45) is 1.74. The van der Waals surface area contributed by atoms with Gasteiger partial charge in [0.2, 0.25) is 11.8 Å². The van der Waals surface area contributed by atoms with Gasteiger partial charge in [-0.3, -0.25) is 4.79 Å². The predicted molar refractivity (Wildman–Crippen MR) is 134 cm³/mol. The van der Waals surface area contributed by atoms with Crippen LogP contribution in [0.15, 0.2) is 52.9 Å². The maximum Gasteiger partial charge on any atom is 0.242 e. The lowest BCUT2D eigenvalue weighted by Gasteiger charge is -2.37. The summed E-state index contributed by atoms with van der Waals surface area (Å²) < 4.78 is 6.09. The number of aryl methyl sites for hydroxylation is 3. The van der Waals surface area contributed by atoms with Gasteiger partial charge in [0.05, 0.1) is 6.54 Å². The molecule has 2 heterocycles. The first-order valence-corrected chi connectivity index (χ1v) is 11.8. The van der Waals surface area contributed by atoms with Crippen molar-refractivity contribution in [2.24, 2.45) is 0 Å². The number of piperazine rings is 1. The number of nitrogens with zero attached hydrogens (tertiary/aromatic N) is 4. The number of hydrogen-bond donors (Lipinski definition) is 0. The third kappa shape index (κ3) is 5.21. The van der Waals surface area contributed by atoms with Crippen LogP contribution in [0.5, 0.6) is 0 Å². The Labute approximate surface area is 196 Å². The molecule has 1 saturated heterocycles. The monoisotopic (exact) mass is 446 g/mol. The van der Waals surface area contributed by atoms with Crippen LogP contribution in [-0.4, -0.2) is 55.6 Å². The molecule has 1 aliphatic rings. The van der Waals surface area contributed by atoms with Crippen LogP contribution in [0, 0.1) is 13.8 Å². The van der Waals surface area contributed by atoms with E-state index in [2.05, 4.69) is 43.9 Å². The average Bonchev–Trinajstić information content (AvgIpc) is 3.26. The maximum absolute atomic E-state index is 13.1. The number of carbonyl (C=O) groups is 1. The zero-order valence-corrected chi connectivity index (χ0v) is 20.2. The van der Waals surface area contributed by atoms with Gasteiger partial charge >= 0.3 is 0 Å². The van der Waals surface area contributed by atoms with Crippen molar-refractivity contribution in [1.29, 1.82) is 0 Å². The Hall–Kier alpha value is -3.28. The molecule has 1 aromatic heterocycles. The van der Waals surface area contributed by atoms with Crippen LogP contribution < -0.4 is 9.80 Å². The Morgan fingerprint density at radius 2 is 1.76 bits per heavy atom. The summed E-state index contributed by atoms with van der Waals surface area (Å²) in [6.45, 7) is 9.79. The lowest BCUT2D eigenvalue weighted by Crippen LogP contribution is -2.51. The van der Waals surface area contributed by atoms with E-state index in [1.807, 2.05) is 47.2 Å². The van der Waals surface area contributed by atoms with Gasteiger partial charge in [-0.2, -0.15) is 0 Å². The second-order valence-corrected chi connectivity index (χ2v) is 8.87. The van der Waals surface area contributed by atoms with Crippen molar-refractivity contribution in [3.05, 3.63) is 65.5 Å². The number of rotatable bonds is 7. The van der Waals surface area contributed by atoms with E-state index in [1.165, 1.54) is 16.8 Å². The van der Waals surface area contributed by atoms with E-state index in [4.69, 9.17) is 9.40 Å². The van der Waals surface area contributed by atoms with E-state index in [0.717, 1.165) is 50.3 Å². The normalized spacial score (nSPS) is 13.9. The lowest BCUT2D eigenvalue weighted by molar-refractivity contribution is -0.130. The van der Waals surface area contributed by atoms with E-state index < -0.39 is 0 Å². The van der Waals surface area contributed by atoms with Crippen molar-refractivity contribution in [3.8, 4) is 11.3 Å². The molecule has 0 spiro atoms. The van der Waals surface area contributed by atoms with Crippen molar-refractivity contribution in [2.75, 3.05) is 49.6 Å². The molecule has 0 bridgehead atoms. The quantitative estimate of drug-likeness (QED) is 0.527. The molecule has 1 fully saturated rings. The second-order valence-electron chi connectivity index (χ2n) is 8.87. The summed E-state index contributed by atoms with van der Waals surface area (Å²) in [5, 5.41) is 0. The molecule has 174 valence electrons. The molecule has 0 atom stereocenters. The smallest absolute Gasteiger partial charge is 0.242 e. The Balaban J connectivity index is 1.41. The molecular formula is C27H34N4O2. The Morgan fingerprint density at radius 3 is 2.42 bits per heavy atom. The summed E-state index contributed by atoms with van der Waals surface area (Å²) in [5.74, 6) is 1.49. The van der Waals surface area contributed by atoms with Gasteiger partial charge in [-0.05, 0) is 43.5 Å². The highest BCUT2D eigenvalue weighted by molar-refractivity contribution is 5.83. The first-order valence-electron chi connectivity index (χ1n) is 11.8. The molecule has 33 heavy (non-hydrogen) atoms. The van der Waals surface area contributed by atoms with Crippen LogP contribution in [0.3, 0.4) is 0 Å². The van der Waals surface area contributed by atoms with Crippen molar-refractivity contribution >= 4 is 17.5 Å². The third-order valence-corrected chi connectivity index (χ3v) is 6.37. The van der Waals surface area contributed by atoms with Gasteiger partial charge in [0.1, 0.15) is 5.69 Å². The van der Waals surface area contributed by atoms with Crippen molar-refractivity contribution in [1.82, 2.24) is 9.88 Å². The van der Waals surface area contributed by atoms with Crippen LogP contribution in [0.25, 0.3) is 11.3 Å². The lowest BCUT2D eigenvalue weighted by atomic mass is 10.1. The SMILES string of the molecule is CCCc1nc(-c2ccccc2)c(N(C)CC(=O)N2CCN(c3ccc(C)c(C)c3)CC2)o1. The summed E-state index contributed by atoms with van der Waals surface area (Å²) in [4.78, 5) is 24.1. The summed E-state index contributed by atoms with van der Waals surface area (Å²) >= 11 is 0. The van der Waals surface area contributed by atoms with Crippen molar-refractivity contribution in [2.45, 2.75) is 33.6 Å². The summed E-state index contributed by atoms with van der Waals surface area (Å²) in [7, 11) is 1.91. The number of carbonyl (C=O) groups excluding carboxylic acids is 1. The number of likely N-dealkylation sites (N-methyl/N-ethyl adjacent to an activating group) is 1. The van der Waals surface area contributed by atoms with E-state index in [9.17, 15) is 4.79 Å². The minimum absolute atomic E-state index is 0.115. The largest absolute Gasteiger partial charge is 0.424 e. The number of aromatic nitrogens is 1. The molecule has 6 heteroatoms. The fourth-order valence-corrected chi connectivity index (χ4v) is 4.23. The number of benzene rings is 2. The maximum atomic E-state index is 13.1. The van der Waals surface area contributed by atoms with E-state index >= 15 is 0 Å². The highest BCUT2D eigenvalue weighted by atomic mass is 16.4. The van der Waals surface area contributed by atoms with Crippen LogP contribution in [0.1, 0.15) is 30.4 Å². The van der Waals surface area contributed by atoms with Gasteiger partial charge in [-0.1, -0.05) is 43.3 Å². The summed E-state index contributed by atoms with van der Waals surface area (Å²) in [6, 6.07) is 16.6. The number of anilines is 2. The number of hydrogen-bond acceptors (Lipinski definition) is 5. The first-order chi connectivity index (χ1) is 16.0. The molecule has 3 aromatic rings. The molecular weight excluding hydrogens is 412 g/mol. The van der Waals surface area contributed by atoms with Gasteiger partial charge < -0.3 is 19.1 Å². The minimum Gasteiger partial charge on any atom is -0.424 e. The number of oxazole rings is 1. The number of amides is 1. The zero-order chi connectivity index (χ0) is 23.4. The van der Waals surface area contributed by atoms with Crippen molar-refractivity contribution < 1.29 is 9.21 Å². The average molecular weight is 447 g/mol. The molecule has 0 N–H and O–H groups in total. The van der Waals surface area contributed by atoms with Gasteiger partial charge in [0.15, 0.2) is 5.89 Å². The molecule has 6 nitrogen and oxygen atoms in total. The van der Waals surface area contributed by atoms with Gasteiger partial charge in [-0.25, -0.2) is 4.98 Å². The fraction of sp³-hybridized carbons (Fsp3) is 0.407. The van der Waals surface area contributed by atoms with Gasteiger partial charge in [-0.15, -0.1) is 0 Å². The molecule has 0 unspecified atom stereocenters. The van der Waals surface area contributed by atoms with Crippen LogP contribution in [0.2, 0.25) is 0 Å². The standard InChI is InChI=1S/C27H34N4O2/c1-5-9-24-28-26(22-10-7-6-8-11-22)27(33-24)29(4)19-25(32)31-16-14-30(15-17-31)23-13-12-20(2)21(3)18-23/h6-8,10-13,18H,5,9,14-17,19H2,1-4H3. The van der Waals surface area contributed by atoms with Crippen LogP contribution in [-0.2, 0) is 11.2 Å². The fourth-order valence-electron chi connectivity index (χ4n) is 4.23. The Kier molecular flexibility index (Phi) is 7.02. The molecule has 0 aliphatic carbocycles. The van der Waals surface area contributed by atoms with E-state index in [0.29, 0.717) is 11.8 Å².